The first-order chi connectivity index (χ1) is 16.5. The monoisotopic (exact) mass is 542 g/mol. The van der Waals surface area contributed by atoms with E-state index in [1.165, 1.54) is 5.56 Å². The molecule has 0 saturated carbocycles. The van der Waals surface area contributed by atoms with Gasteiger partial charge in [0.25, 0.3) is 0 Å². The van der Waals surface area contributed by atoms with Gasteiger partial charge < -0.3 is 25.4 Å². The molecule has 8 heteroatoms. The number of halogens is 1. The fraction of sp³-hybridized carbons (Fsp3) is 0.308. The van der Waals surface area contributed by atoms with E-state index in [0.29, 0.717) is 0 Å². The van der Waals surface area contributed by atoms with E-state index in [1.54, 1.807) is 0 Å². The van der Waals surface area contributed by atoms with Gasteiger partial charge in [-0.25, -0.2) is 4.21 Å². The summed E-state index contributed by atoms with van der Waals surface area (Å²) in [6, 6.07) is 22.5. The highest BCUT2D eigenvalue weighted by Gasteiger charge is 2.21. The molecular weight excluding hydrogens is 512 g/mol. The van der Waals surface area contributed by atoms with Gasteiger partial charge in [-0.05, 0) is 60.0 Å². The van der Waals surface area contributed by atoms with Crippen molar-refractivity contribution in [2.45, 2.75) is 25.3 Å². The van der Waals surface area contributed by atoms with Crippen molar-refractivity contribution in [1.82, 2.24) is 10.6 Å². The van der Waals surface area contributed by atoms with Crippen molar-refractivity contribution in [3.8, 4) is 0 Å². The van der Waals surface area contributed by atoms with Crippen LogP contribution in [0.3, 0.4) is 0 Å². The van der Waals surface area contributed by atoms with Crippen LogP contribution in [0.15, 0.2) is 71.2 Å². The smallest absolute Gasteiger partial charge is 0.157 e. The van der Waals surface area contributed by atoms with E-state index in [-0.39, 0.29) is 11.8 Å². The molecule has 1 aliphatic rings. The second-order valence-electron chi connectivity index (χ2n) is 8.49. The minimum atomic E-state index is -1.94. The Bertz CT molecular complexity index is 1120. The molecule has 0 bridgehead atoms. The number of benzene rings is 3. The van der Waals surface area contributed by atoms with Gasteiger partial charge in [-0.1, -0.05) is 46.3 Å². The van der Waals surface area contributed by atoms with Crippen LogP contribution in [-0.4, -0.2) is 34.9 Å². The first kappa shape index (κ1) is 24.9. The first-order valence-corrected chi connectivity index (χ1v) is 13.6. The lowest BCUT2D eigenvalue weighted by Gasteiger charge is -2.33. The number of para-hydroxylation sites is 1. The zero-order valence-corrected chi connectivity index (χ0v) is 21.7. The Labute approximate surface area is 212 Å². The summed E-state index contributed by atoms with van der Waals surface area (Å²) in [6.07, 6.45) is 0. The number of rotatable bonds is 9. The largest absolute Gasteiger partial charge is 0.369 e. The maximum absolute atomic E-state index is 11.8. The van der Waals surface area contributed by atoms with Gasteiger partial charge in [0.15, 0.2) is 11.1 Å². The van der Waals surface area contributed by atoms with Crippen molar-refractivity contribution in [1.29, 1.82) is 0 Å². The van der Waals surface area contributed by atoms with Crippen LogP contribution in [0.5, 0.6) is 0 Å². The van der Waals surface area contributed by atoms with Crippen LogP contribution in [0, 0.1) is 0 Å². The Morgan fingerprint density at radius 2 is 1.85 bits per heavy atom. The van der Waals surface area contributed by atoms with Crippen LogP contribution in [0.25, 0.3) is 0 Å². The Morgan fingerprint density at radius 3 is 2.56 bits per heavy atom. The summed E-state index contributed by atoms with van der Waals surface area (Å²) < 4.78 is 22.6. The lowest BCUT2D eigenvalue weighted by atomic mass is 9.99. The summed E-state index contributed by atoms with van der Waals surface area (Å²) in [7, 11) is 0. The number of hydrogen-bond donors (Lipinski definition) is 4. The molecule has 0 aliphatic carbocycles. The van der Waals surface area contributed by atoms with Crippen molar-refractivity contribution in [2.75, 3.05) is 36.4 Å². The van der Waals surface area contributed by atoms with Gasteiger partial charge in [-0.3, -0.25) is 0 Å². The third-order valence-corrected chi connectivity index (χ3v) is 7.06. The molecule has 0 aromatic heterocycles. The van der Waals surface area contributed by atoms with Gasteiger partial charge in [0.1, 0.15) is 0 Å². The SMILES string of the molecule is CC(NCc1cccc(Br)c1)c1cc(CS(=O)O)c(Nc2ccccc2)cc1N1CCNCC1. The van der Waals surface area contributed by atoms with E-state index in [2.05, 4.69) is 68.0 Å². The van der Waals surface area contributed by atoms with Crippen LogP contribution in [0.4, 0.5) is 17.1 Å². The third-order valence-electron chi connectivity index (χ3n) is 6.01. The number of hydrogen-bond acceptors (Lipinski definition) is 5. The molecule has 0 spiro atoms. The van der Waals surface area contributed by atoms with Crippen molar-refractivity contribution >= 4 is 44.1 Å². The topological polar surface area (TPSA) is 76.6 Å². The van der Waals surface area contributed by atoms with Crippen LogP contribution in [0.1, 0.15) is 29.7 Å². The lowest BCUT2D eigenvalue weighted by Crippen LogP contribution is -2.44. The Kier molecular flexibility index (Phi) is 8.74. The zero-order valence-electron chi connectivity index (χ0n) is 19.3. The summed E-state index contributed by atoms with van der Waals surface area (Å²) in [5.74, 6) is 0.0718. The molecule has 0 radical (unpaired) electrons. The predicted octanol–water partition coefficient (Wildman–Crippen LogP) is 5.17. The molecule has 1 saturated heterocycles. The Balaban J connectivity index is 1.69. The molecule has 2 unspecified atom stereocenters. The first-order valence-electron chi connectivity index (χ1n) is 11.5. The van der Waals surface area contributed by atoms with Gasteiger partial charge >= 0.3 is 0 Å². The highest BCUT2D eigenvalue weighted by atomic mass is 79.9. The Morgan fingerprint density at radius 1 is 1.09 bits per heavy atom. The predicted molar refractivity (Wildman–Crippen MR) is 145 cm³/mol. The molecule has 1 fully saturated rings. The van der Waals surface area contributed by atoms with Crippen LogP contribution >= 0.6 is 15.9 Å². The molecule has 1 heterocycles. The minimum absolute atomic E-state index is 0.0560. The molecule has 180 valence electrons. The number of nitrogens with zero attached hydrogens (tertiary/aromatic N) is 1. The van der Waals surface area contributed by atoms with Crippen LogP contribution in [0.2, 0.25) is 0 Å². The maximum Gasteiger partial charge on any atom is 0.157 e. The summed E-state index contributed by atoms with van der Waals surface area (Å²) in [4.78, 5) is 2.40. The van der Waals surface area contributed by atoms with Gasteiger partial charge in [-0.2, -0.15) is 0 Å². The molecule has 6 nitrogen and oxygen atoms in total. The molecule has 34 heavy (non-hydrogen) atoms. The second-order valence-corrected chi connectivity index (χ2v) is 10.3. The summed E-state index contributed by atoms with van der Waals surface area (Å²) >= 11 is 1.60. The van der Waals surface area contributed by atoms with Crippen LogP contribution < -0.4 is 20.9 Å². The fourth-order valence-electron chi connectivity index (χ4n) is 4.25. The zero-order chi connectivity index (χ0) is 23.9. The van der Waals surface area contributed by atoms with E-state index in [1.807, 2.05) is 42.5 Å². The number of nitrogens with one attached hydrogen (secondary N) is 3. The standard InChI is InChI=1S/C26H31BrN4O2S/c1-19(29-17-20-6-5-7-22(27)14-20)24-15-21(18-34(32)33)25(30-23-8-3-2-4-9-23)16-26(24)31-12-10-28-11-13-31/h2-9,14-16,19,28-30H,10-13,17-18H2,1H3,(H,32,33). The van der Waals surface area contributed by atoms with Gasteiger partial charge in [0.2, 0.25) is 0 Å². The van der Waals surface area contributed by atoms with Crippen LogP contribution in [-0.2, 0) is 23.4 Å². The van der Waals surface area contributed by atoms with E-state index in [9.17, 15) is 8.76 Å². The number of anilines is 3. The molecule has 3 aromatic rings. The summed E-state index contributed by atoms with van der Waals surface area (Å²) in [6.45, 7) is 6.59. The molecule has 4 N–H and O–H groups in total. The van der Waals surface area contributed by atoms with Crippen molar-refractivity contribution in [3.05, 3.63) is 87.9 Å². The van der Waals surface area contributed by atoms with Crippen molar-refractivity contribution < 1.29 is 8.76 Å². The van der Waals surface area contributed by atoms with Gasteiger partial charge in [0.05, 0.1) is 5.75 Å². The molecule has 2 atom stereocenters. The second kappa shape index (κ2) is 12.0. The average Bonchev–Trinajstić information content (AvgIpc) is 2.84. The van der Waals surface area contributed by atoms with E-state index >= 15 is 0 Å². The highest BCUT2D eigenvalue weighted by Crippen LogP contribution is 2.35. The molecule has 0 amide bonds. The summed E-state index contributed by atoms with van der Waals surface area (Å²) in [5.41, 5.74) is 6.13. The molecular formula is C26H31BrN4O2S. The maximum atomic E-state index is 11.8. The van der Waals surface area contributed by atoms with E-state index in [4.69, 9.17) is 0 Å². The normalized spacial score (nSPS) is 15.7. The van der Waals surface area contributed by atoms with E-state index < -0.39 is 11.1 Å². The lowest BCUT2D eigenvalue weighted by molar-refractivity contribution is 0.558. The quantitative estimate of drug-likeness (QED) is 0.279. The fourth-order valence-corrected chi connectivity index (χ4v) is 5.20. The summed E-state index contributed by atoms with van der Waals surface area (Å²) in [5, 5.41) is 10.6. The minimum Gasteiger partial charge on any atom is -0.369 e. The molecule has 3 aromatic carbocycles. The molecule has 1 aliphatic heterocycles. The third kappa shape index (κ3) is 6.67. The number of piperazine rings is 1. The van der Waals surface area contributed by atoms with Gasteiger partial charge in [-0.15, -0.1) is 0 Å². The van der Waals surface area contributed by atoms with E-state index in [0.717, 1.165) is 65.4 Å². The Hall–Kier alpha value is -2.23. The van der Waals surface area contributed by atoms with Crippen molar-refractivity contribution in [2.24, 2.45) is 0 Å². The van der Waals surface area contributed by atoms with Crippen molar-refractivity contribution in [3.63, 3.8) is 0 Å². The average molecular weight is 544 g/mol. The van der Waals surface area contributed by atoms with Gasteiger partial charge in [0, 0.05) is 60.3 Å². The highest BCUT2D eigenvalue weighted by molar-refractivity contribution is 9.10. The molecule has 4 rings (SSSR count).